The van der Waals surface area contributed by atoms with Crippen LogP contribution in [0.25, 0.3) is 0 Å². The molecule has 0 saturated carbocycles. The molecule has 0 aliphatic rings. The Hall–Kier alpha value is 7.72. The fraction of sp³-hybridized carbons (Fsp3) is 1.00. The molecule has 0 saturated heterocycles. The summed E-state index contributed by atoms with van der Waals surface area (Å²) in [7, 11) is -8.45. The fourth-order valence-electron chi connectivity index (χ4n) is 6.75. The van der Waals surface area contributed by atoms with Crippen molar-refractivity contribution in [2.24, 2.45) is 0 Å². The summed E-state index contributed by atoms with van der Waals surface area (Å²) >= 11 is 0. The van der Waals surface area contributed by atoms with Gasteiger partial charge in [-0.15, -0.1) is 0 Å². The van der Waals surface area contributed by atoms with Gasteiger partial charge in [-0.3, -0.25) is 0 Å². The van der Waals surface area contributed by atoms with Gasteiger partial charge in [0.15, 0.2) is 0 Å². The van der Waals surface area contributed by atoms with Crippen molar-refractivity contribution in [1.82, 2.24) is 0 Å². The first kappa shape index (κ1) is 102. The monoisotopic (exact) mass is 1550 g/mol. The van der Waals surface area contributed by atoms with Crippen LogP contribution >= 0.6 is 0 Å². The van der Waals surface area contributed by atoms with Gasteiger partial charge in [0.25, 0.3) is 0 Å². The van der Waals surface area contributed by atoms with Gasteiger partial charge in [-0.2, -0.15) is 0 Å². The SMILES string of the molecule is C[Si]([Si](C)(C)C)[Si](C)(C)C.C[Si]([Si](C)(C)C)[Si](C)(C)C.C[Si]([Si](C)(C)C)[Si](C)(C)C.C[Si]([Si](C)(C)C)[Si](C)(C)C.C[Si]([Si](C)(C)C)[Si](C)(C)C.C[Si]([Si](C)(C)C)[Si](C)(C)C.[Ga].[Ga].[Ga].[Ga].[Ga].[Ga]. The molecule has 384 valence electrons. The molecule has 0 N–H and O–H groups in total. The van der Waals surface area contributed by atoms with Crippen molar-refractivity contribution in [2.45, 2.75) is 275 Å². The Balaban J connectivity index is -0.0000000521. The molecule has 0 bridgehead atoms. The number of hydrogen-bond donors (Lipinski definition) is 0. The third-order valence-electron chi connectivity index (χ3n) is 13.5. The second-order valence-electron chi connectivity index (χ2n) is 30.8. The van der Waals surface area contributed by atoms with Crippen molar-refractivity contribution in [3.05, 3.63) is 0 Å². The van der Waals surface area contributed by atoms with Crippen LogP contribution in [0.2, 0.25) is 275 Å². The van der Waals surface area contributed by atoms with Crippen molar-refractivity contribution in [3.8, 4) is 0 Å². The molecule has 0 amide bonds. The Labute approximate surface area is 524 Å². The van der Waals surface area contributed by atoms with Gasteiger partial charge >= 0.3 is 0 Å². The maximum Gasteiger partial charge on any atom is 0.0329 e. The molecule has 0 nitrogen and oxygen atoms in total. The van der Waals surface area contributed by atoms with Gasteiger partial charge in [0, 0.05) is 257 Å². The van der Waals surface area contributed by atoms with E-state index in [0.717, 1.165) is 0 Å². The molecule has 0 aromatic heterocycles. The third-order valence-corrected chi connectivity index (χ3v) is 202. The summed E-state index contributed by atoms with van der Waals surface area (Å²) in [5, 5.41) is 0. The minimum Gasteiger partial charge on any atom is -0.0750 e. The van der Waals surface area contributed by atoms with Crippen LogP contribution < -0.4 is 0 Å². The molecule has 66 heavy (non-hydrogen) atoms. The average molecular weight is 1560 g/mol. The van der Waals surface area contributed by atoms with Crippen molar-refractivity contribution in [3.63, 3.8) is 0 Å². The second kappa shape index (κ2) is 39.2. The van der Waals surface area contributed by atoms with Gasteiger partial charge in [-0.25, -0.2) is 0 Å². The summed E-state index contributed by atoms with van der Waals surface area (Å²) < 4.78 is 0. The van der Waals surface area contributed by atoms with Crippen LogP contribution in [0.4, 0.5) is 0 Å². The van der Waals surface area contributed by atoms with Crippen molar-refractivity contribution in [1.29, 1.82) is 0 Å². The zero-order chi connectivity index (χ0) is 51.5. The molecular formula is C42H126Ga6Si18. The van der Waals surface area contributed by atoms with Crippen molar-refractivity contribution >= 4 is 257 Å². The standard InChI is InChI=1S/6C7H21Si3.6Ga/c6*1-8(9(2,3)4)10(5,6)7;;;;;;/h6*1-7H3;;;;;;. The molecular weight excluding hydrogens is 1430 g/mol. The van der Waals surface area contributed by atoms with E-state index < -0.39 is 91.1 Å². The number of rotatable bonds is 12. The normalized spacial score (nSPS) is 13.1. The largest absolute Gasteiger partial charge is 0.0750 e. The Kier molecular flexibility index (Phi) is 60.7. The predicted octanol–water partition coefficient (Wildman–Crippen LogP) is 15.4. The average Bonchev–Trinajstić information content (AvgIpc) is 2.90. The zero-order valence-electron chi connectivity index (χ0n) is 54.5. The minimum atomic E-state index is -0.732. The van der Waals surface area contributed by atoms with E-state index in [2.05, 4.69) is 275 Å². The molecule has 0 fully saturated rings. The van der Waals surface area contributed by atoms with Crippen LogP contribution in [0.15, 0.2) is 0 Å². The van der Waals surface area contributed by atoms with E-state index in [1.54, 1.807) is 0 Å². The quantitative estimate of drug-likeness (QED) is 0.171. The van der Waals surface area contributed by atoms with Gasteiger partial charge < -0.3 is 0 Å². The molecule has 0 spiro atoms. The minimum absolute atomic E-state index is 0. The predicted molar refractivity (Wildman–Crippen MR) is 384 cm³/mol. The van der Waals surface area contributed by atoms with E-state index >= 15 is 0 Å². The van der Waals surface area contributed by atoms with Crippen LogP contribution in [0.5, 0.6) is 0 Å². The maximum atomic E-state index is 2.56. The van der Waals surface area contributed by atoms with Crippen molar-refractivity contribution in [2.75, 3.05) is 0 Å². The van der Waals surface area contributed by atoms with E-state index in [9.17, 15) is 0 Å². The van der Waals surface area contributed by atoms with Crippen LogP contribution in [-0.2, 0) is 0 Å². The van der Waals surface area contributed by atoms with E-state index in [1.165, 1.54) is 0 Å². The molecule has 0 heterocycles. The summed E-state index contributed by atoms with van der Waals surface area (Å²) in [6, 6.07) is 0. The van der Waals surface area contributed by atoms with Crippen LogP contribution in [0, 0.1) is 0 Å². The van der Waals surface area contributed by atoms with Gasteiger partial charge in [-0.1, -0.05) is 275 Å². The molecule has 0 unspecified atom stereocenters. The molecule has 0 aromatic carbocycles. The topological polar surface area (TPSA) is 0 Å². The number of hydrogen-bond acceptors (Lipinski definition) is 0. The van der Waals surface area contributed by atoms with Crippen molar-refractivity contribution < 1.29 is 0 Å². The Morgan fingerprint density at radius 1 is 0.121 bits per heavy atom. The molecule has 24 heteroatoms. The second-order valence-corrected chi connectivity index (χ2v) is 182. The molecule has 0 aromatic rings. The summed E-state index contributed by atoms with van der Waals surface area (Å²) in [5.41, 5.74) is 0. The molecule has 0 rings (SSSR count). The molecule has 24 radical (unpaired) electrons. The van der Waals surface area contributed by atoms with Gasteiger partial charge in [0.1, 0.15) is 0 Å². The zero-order valence-corrected chi connectivity index (χ0v) is 87.0. The van der Waals surface area contributed by atoms with Crippen LogP contribution in [0.3, 0.4) is 0 Å². The first-order valence-corrected chi connectivity index (χ1v) is 90.0. The first-order valence-electron chi connectivity index (χ1n) is 24.0. The van der Waals surface area contributed by atoms with Gasteiger partial charge in [0.2, 0.25) is 0 Å². The smallest absolute Gasteiger partial charge is 0.0329 e. The van der Waals surface area contributed by atoms with E-state index in [0.29, 0.717) is 0 Å². The van der Waals surface area contributed by atoms with E-state index in [1.807, 2.05) is 0 Å². The Morgan fingerprint density at radius 2 is 0.152 bits per heavy atom. The Bertz CT molecular complexity index is 820. The molecule has 0 atom stereocenters. The van der Waals surface area contributed by atoms with Gasteiger partial charge in [0.05, 0.1) is 0 Å². The summed E-state index contributed by atoms with van der Waals surface area (Å²) in [5.74, 6) is 0. The molecule has 0 aliphatic carbocycles. The van der Waals surface area contributed by atoms with Crippen LogP contribution in [0.1, 0.15) is 0 Å². The fourth-order valence-corrected chi connectivity index (χ4v) is 182. The third kappa shape index (κ3) is 56.4. The van der Waals surface area contributed by atoms with Crippen LogP contribution in [-0.4, -0.2) is 257 Å². The first-order chi connectivity index (χ1) is 24.9. The van der Waals surface area contributed by atoms with E-state index in [-0.39, 0.29) is 166 Å². The maximum absolute atomic E-state index is 2.56. The Morgan fingerprint density at radius 3 is 0.152 bits per heavy atom. The summed E-state index contributed by atoms with van der Waals surface area (Å²) in [6.45, 7) is 106. The summed E-state index contributed by atoms with van der Waals surface area (Å²) in [6.07, 6.45) is 0. The van der Waals surface area contributed by atoms with E-state index in [4.69, 9.17) is 0 Å². The van der Waals surface area contributed by atoms with Gasteiger partial charge in [-0.05, 0) is 0 Å². The molecule has 0 aliphatic heterocycles. The summed E-state index contributed by atoms with van der Waals surface area (Å²) in [4.78, 5) is 0.